The van der Waals surface area contributed by atoms with E-state index >= 15 is 0 Å². The topological polar surface area (TPSA) is 150 Å². The maximum Gasteiger partial charge on any atom is 0.269 e. The number of rotatable bonds is 4. The van der Waals surface area contributed by atoms with Crippen LogP contribution in [0.25, 0.3) is 33.5 Å². The predicted molar refractivity (Wildman–Crippen MR) is 123 cm³/mol. The lowest BCUT2D eigenvalue weighted by molar-refractivity contribution is 0.0996. The molecule has 2 heterocycles. The molecule has 0 saturated carbocycles. The first-order valence-corrected chi connectivity index (χ1v) is 8.69. The monoisotopic (exact) mass is 445 g/mol. The molecule has 0 aliphatic heterocycles. The van der Waals surface area contributed by atoms with Gasteiger partial charge in [-0.25, -0.2) is 9.97 Å². The molecule has 8 nitrogen and oxygen atoms in total. The number of hydrogen-bond donors (Lipinski definition) is 4. The minimum atomic E-state index is -0.714. The summed E-state index contributed by atoms with van der Waals surface area (Å²) in [7, 11) is 0. The number of carbonyl (C=O) groups excluding carboxylic acids is 1. The molecule has 4 rings (SSSR count). The number of halogens is 2. The third-order valence-corrected chi connectivity index (χ3v) is 4.67. The molecule has 2 aromatic heterocycles. The number of nitrogens with zero attached hydrogens (tertiary/aromatic N) is 3. The number of nitrogens with two attached hydrogens (primary N) is 3. The molecule has 0 aliphatic rings. The maximum atomic E-state index is 12.0. The van der Waals surface area contributed by atoms with Crippen LogP contribution in [0.3, 0.4) is 0 Å². The average Bonchev–Trinajstić information content (AvgIpc) is 3.17. The van der Waals surface area contributed by atoms with Crippen molar-refractivity contribution >= 4 is 47.3 Å². The Balaban J connectivity index is 0.00000160. The summed E-state index contributed by atoms with van der Waals surface area (Å²) in [5.74, 6) is -0.359. The normalized spacial score (nSPS) is 10.3. The smallest absolute Gasteiger partial charge is 0.269 e. The second-order valence-corrected chi connectivity index (χ2v) is 6.52. The number of aromatic amines is 1. The molecule has 156 valence electrons. The Labute approximate surface area is 185 Å². The number of nitrogen functional groups attached to an aromatic ring is 1. The molecule has 2 aromatic carbocycles. The van der Waals surface area contributed by atoms with E-state index in [2.05, 4.69) is 15.2 Å². The van der Waals surface area contributed by atoms with Crippen LogP contribution in [0.2, 0.25) is 0 Å². The third-order valence-electron chi connectivity index (χ3n) is 4.67. The van der Waals surface area contributed by atoms with Crippen LogP contribution in [-0.4, -0.2) is 26.1 Å². The molecule has 0 saturated heterocycles. The van der Waals surface area contributed by atoms with E-state index in [0.29, 0.717) is 18.1 Å². The molecule has 0 radical (unpaired) electrons. The Bertz CT molecular complexity index is 1220. The molecule has 1 amide bonds. The Morgan fingerprint density at radius 3 is 2.60 bits per heavy atom. The first-order chi connectivity index (χ1) is 13.5. The lowest BCUT2D eigenvalue weighted by Gasteiger charge is -2.14. The van der Waals surface area contributed by atoms with Crippen molar-refractivity contribution in [3.05, 3.63) is 59.4 Å². The Kier molecular flexibility index (Phi) is 6.99. The van der Waals surface area contributed by atoms with Gasteiger partial charge in [-0.15, -0.1) is 24.8 Å². The SMILES string of the molecule is Cc1ccc2[nH]ncc2c1-c1nc(-c2cccc(CN)c2)nc(C(N)=O)c1N.Cl.Cl. The summed E-state index contributed by atoms with van der Waals surface area (Å²) < 4.78 is 0. The number of aromatic nitrogens is 4. The van der Waals surface area contributed by atoms with Crippen molar-refractivity contribution in [1.82, 2.24) is 20.2 Å². The molecule has 0 bridgehead atoms. The number of anilines is 1. The van der Waals surface area contributed by atoms with Gasteiger partial charge >= 0.3 is 0 Å². The van der Waals surface area contributed by atoms with Gasteiger partial charge in [0.2, 0.25) is 0 Å². The Morgan fingerprint density at radius 1 is 1.13 bits per heavy atom. The number of primary amides is 1. The Hall–Kier alpha value is -3.20. The van der Waals surface area contributed by atoms with Crippen LogP contribution < -0.4 is 17.2 Å². The number of fused-ring (bicyclic) bond motifs is 1. The lowest BCUT2D eigenvalue weighted by atomic mass is 9.99. The largest absolute Gasteiger partial charge is 0.395 e. The zero-order valence-corrected chi connectivity index (χ0v) is 17.7. The standard InChI is InChI=1S/C20H19N7O.2ClH/c1-10-5-6-14-13(9-24-27-14)15(10)17-16(22)18(19(23)28)26-20(25-17)12-4-2-3-11(7-12)8-21;;/h2-7,9H,8,21-22H2,1H3,(H2,23,28)(H,24,27);2*1H. The lowest BCUT2D eigenvalue weighted by Crippen LogP contribution is -2.18. The number of hydrogen-bond acceptors (Lipinski definition) is 6. The van der Waals surface area contributed by atoms with Crippen LogP contribution in [-0.2, 0) is 6.54 Å². The van der Waals surface area contributed by atoms with E-state index in [-0.39, 0.29) is 36.2 Å². The second-order valence-electron chi connectivity index (χ2n) is 6.52. The molecule has 0 aliphatic carbocycles. The molecule has 10 heteroatoms. The summed E-state index contributed by atoms with van der Waals surface area (Å²) in [5, 5.41) is 7.89. The number of H-pyrrole nitrogens is 1. The zero-order chi connectivity index (χ0) is 19.8. The number of aryl methyl sites for hydroxylation is 1. The predicted octanol–water partition coefficient (Wildman–Crippen LogP) is 2.98. The van der Waals surface area contributed by atoms with Crippen molar-refractivity contribution in [1.29, 1.82) is 0 Å². The van der Waals surface area contributed by atoms with Gasteiger partial charge in [-0.3, -0.25) is 9.89 Å². The molecule has 30 heavy (non-hydrogen) atoms. The van der Waals surface area contributed by atoms with Crippen LogP contribution in [0.4, 0.5) is 5.69 Å². The van der Waals surface area contributed by atoms with Gasteiger partial charge in [-0.1, -0.05) is 24.3 Å². The van der Waals surface area contributed by atoms with E-state index in [1.807, 2.05) is 43.3 Å². The minimum Gasteiger partial charge on any atom is -0.395 e. The Morgan fingerprint density at radius 2 is 1.90 bits per heavy atom. The zero-order valence-electron chi connectivity index (χ0n) is 16.0. The van der Waals surface area contributed by atoms with Crippen molar-refractivity contribution in [2.75, 3.05) is 5.73 Å². The number of carbonyl (C=O) groups is 1. The van der Waals surface area contributed by atoms with Gasteiger partial charge in [0, 0.05) is 23.1 Å². The van der Waals surface area contributed by atoms with Gasteiger partial charge < -0.3 is 17.2 Å². The highest BCUT2D eigenvalue weighted by molar-refractivity contribution is 6.04. The minimum absolute atomic E-state index is 0. The van der Waals surface area contributed by atoms with Gasteiger partial charge in [0.05, 0.1) is 23.1 Å². The van der Waals surface area contributed by atoms with Gasteiger partial charge in [0.25, 0.3) is 5.91 Å². The molecular weight excluding hydrogens is 425 g/mol. The number of nitrogens with one attached hydrogen (secondary N) is 1. The summed E-state index contributed by atoms with van der Waals surface area (Å²) in [6, 6.07) is 11.4. The van der Waals surface area contributed by atoms with Gasteiger partial charge in [0.15, 0.2) is 11.5 Å². The highest BCUT2D eigenvalue weighted by atomic mass is 35.5. The fraction of sp³-hybridized carbons (Fsp3) is 0.100. The maximum absolute atomic E-state index is 12.0. The molecule has 7 N–H and O–H groups in total. The van der Waals surface area contributed by atoms with Crippen LogP contribution in [0.15, 0.2) is 42.6 Å². The van der Waals surface area contributed by atoms with Crippen LogP contribution >= 0.6 is 24.8 Å². The molecule has 0 atom stereocenters. The van der Waals surface area contributed by atoms with Crippen molar-refractivity contribution in [3.63, 3.8) is 0 Å². The van der Waals surface area contributed by atoms with Crippen molar-refractivity contribution in [3.8, 4) is 22.6 Å². The van der Waals surface area contributed by atoms with E-state index in [1.165, 1.54) is 0 Å². The first kappa shape index (κ1) is 23.1. The van der Waals surface area contributed by atoms with E-state index in [1.54, 1.807) is 6.20 Å². The van der Waals surface area contributed by atoms with Gasteiger partial charge in [0.1, 0.15) is 0 Å². The quantitative estimate of drug-likeness (QED) is 0.379. The third kappa shape index (κ3) is 3.93. The average molecular weight is 446 g/mol. The summed E-state index contributed by atoms with van der Waals surface area (Å²) >= 11 is 0. The summed E-state index contributed by atoms with van der Waals surface area (Å²) in [4.78, 5) is 21.0. The van der Waals surface area contributed by atoms with Gasteiger partial charge in [-0.05, 0) is 30.2 Å². The van der Waals surface area contributed by atoms with Crippen molar-refractivity contribution in [2.45, 2.75) is 13.5 Å². The highest BCUT2D eigenvalue weighted by Gasteiger charge is 2.21. The number of amides is 1. The second kappa shape index (κ2) is 9.08. The van der Waals surface area contributed by atoms with E-state index in [4.69, 9.17) is 22.2 Å². The van der Waals surface area contributed by atoms with E-state index in [9.17, 15) is 4.79 Å². The van der Waals surface area contributed by atoms with Crippen LogP contribution in [0, 0.1) is 6.92 Å². The molecule has 0 spiro atoms. The molecule has 0 fully saturated rings. The van der Waals surface area contributed by atoms with E-state index in [0.717, 1.165) is 33.2 Å². The molecule has 0 unspecified atom stereocenters. The first-order valence-electron chi connectivity index (χ1n) is 8.69. The number of benzene rings is 2. The van der Waals surface area contributed by atoms with Crippen molar-refractivity contribution < 1.29 is 4.79 Å². The van der Waals surface area contributed by atoms with Crippen LogP contribution in [0.5, 0.6) is 0 Å². The fourth-order valence-corrected chi connectivity index (χ4v) is 3.26. The molecular formula is C20H21Cl2N7O. The summed E-state index contributed by atoms with van der Waals surface area (Å²) in [6.07, 6.45) is 1.71. The molecule has 4 aromatic rings. The van der Waals surface area contributed by atoms with Gasteiger partial charge in [-0.2, -0.15) is 5.10 Å². The van der Waals surface area contributed by atoms with E-state index < -0.39 is 5.91 Å². The summed E-state index contributed by atoms with van der Waals surface area (Å²) in [6.45, 7) is 2.33. The summed E-state index contributed by atoms with van der Waals surface area (Å²) in [5.41, 5.74) is 22.3. The fourth-order valence-electron chi connectivity index (χ4n) is 3.26. The highest BCUT2D eigenvalue weighted by Crippen LogP contribution is 2.35. The van der Waals surface area contributed by atoms with Crippen molar-refractivity contribution in [2.24, 2.45) is 11.5 Å². The van der Waals surface area contributed by atoms with Crippen LogP contribution in [0.1, 0.15) is 21.6 Å².